The SMILES string of the molecule is Cc1cc(C)c(S(=O)(=O)N2CCN(S(=O)(=O)c3c(C)cc(C)cc3C)[C@@H](C)C2)c(C)c1. The van der Waals surface area contributed by atoms with E-state index in [0.717, 1.165) is 11.1 Å². The third-order valence-electron chi connectivity index (χ3n) is 5.90. The van der Waals surface area contributed by atoms with Crippen LogP contribution in [0, 0.1) is 41.5 Å². The van der Waals surface area contributed by atoms with Gasteiger partial charge in [-0.2, -0.15) is 8.61 Å². The minimum Gasteiger partial charge on any atom is -0.207 e. The molecule has 0 radical (unpaired) electrons. The van der Waals surface area contributed by atoms with E-state index in [1.807, 2.05) is 38.1 Å². The normalized spacial score (nSPS) is 19.0. The van der Waals surface area contributed by atoms with Gasteiger partial charge in [0.2, 0.25) is 20.0 Å². The molecule has 1 atom stereocenters. The van der Waals surface area contributed by atoms with Gasteiger partial charge in [0.05, 0.1) is 9.79 Å². The van der Waals surface area contributed by atoms with Crippen molar-refractivity contribution < 1.29 is 16.8 Å². The molecule has 2 aromatic rings. The lowest BCUT2D eigenvalue weighted by molar-refractivity contribution is 0.212. The van der Waals surface area contributed by atoms with Gasteiger partial charge in [-0.25, -0.2) is 16.8 Å². The summed E-state index contributed by atoms with van der Waals surface area (Å²) in [5.74, 6) is 0. The molecule has 0 bridgehead atoms. The predicted molar refractivity (Wildman–Crippen MR) is 123 cm³/mol. The molecular weight excluding hydrogens is 432 g/mol. The Balaban J connectivity index is 1.93. The van der Waals surface area contributed by atoms with E-state index >= 15 is 0 Å². The van der Waals surface area contributed by atoms with Crippen molar-refractivity contribution in [2.45, 2.75) is 64.3 Å². The van der Waals surface area contributed by atoms with Gasteiger partial charge in [0.15, 0.2) is 0 Å². The molecule has 0 amide bonds. The van der Waals surface area contributed by atoms with Crippen LogP contribution in [0.4, 0.5) is 0 Å². The van der Waals surface area contributed by atoms with Crippen molar-refractivity contribution in [2.24, 2.45) is 0 Å². The standard InChI is InChI=1S/C23H32N2O4S2/c1-15-10-17(3)22(18(4)11-15)30(26,27)24-8-9-25(21(7)14-24)31(28,29)23-19(5)12-16(2)13-20(23)6/h10-13,21H,8-9,14H2,1-7H3/t21-/m0/s1. The average molecular weight is 465 g/mol. The Morgan fingerprint density at radius 3 is 1.45 bits per heavy atom. The smallest absolute Gasteiger partial charge is 0.207 e. The highest BCUT2D eigenvalue weighted by Crippen LogP contribution is 2.31. The minimum atomic E-state index is -3.73. The van der Waals surface area contributed by atoms with Gasteiger partial charge in [-0.05, 0) is 70.7 Å². The molecule has 0 saturated carbocycles. The van der Waals surface area contributed by atoms with E-state index in [1.54, 1.807) is 34.6 Å². The van der Waals surface area contributed by atoms with E-state index in [0.29, 0.717) is 32.0 Å². The summed E-state index contributed by atoms with van der Waals surface area (Å²) in [4.78, 5) is 0.651. The first kappa shape index (κ1) is 23.9. The fraction of sp³-hybridized carbons (Fsp3) is 0.478. The molecule has 31 heavy (non-hydrogen) atoms. The second kappa shape index (κ2) is 8.31. The third kappa shape index (κ3) is 4.31. The molecule has 1 saturated heterocycles. The number of rotatable bonds is 4. The molecule has 1 aliphatic heterocycles. The van der Waals surface area contributed by atoms with Gasteiger partial charge in [-0.1, -0.05) is 35.4 Å². The molecule has 0 aromatic heterocycles. The summed E-state index contributed by atoms with van der Waals surface area (Å²) in [6.45, 7) is 13.3. The lowest BCUT2D eigenvalue weighted by atomic mass is 10.1. The summed E-state index contributed by atoms with van der Waals surface area (Å²) in [5.41, 5.74) is 4.89. The summed E-state index contributed by atoms with van der Waals surface area (Å²) in [7, 11) is -7.45. The zero-order chi connectivity index (χ0) is 23.3. The number of benzene rings is 2. The maximum atomic E-state index is 13.5. The van der Waals surface area contributed by atoms with Gasteiger partial charge in [-0.15, -0.1) is 0 Å². The van der Waals surface area contributed by atoms with Crippen LogP contribution >= 0.6 is 0 Å². The first-order valence-electron chi connectivity index (χ1n) is 10.4. The molecule has 0 aliphatic carbocycles. The van der Waals surface area contributed by atoms with E-state index in [4.69, 9.17) is 0 Å². The number of hydrogen-bond acceptors (Lipinski definition) is 4. The molecule has 8 heteroatoms. The number of piperazine rings is 1. The number of nitrogens with zero attached hydrogens (tertiary/aromatic N) is 2. The molecule has 0 N–H and O–H groups in total. The molecule has 1 fully saturated rings. The Morgan fingerprint density at radius 1 is 0.677 bits per heavy atom. The summed E-state index contributed by atoms with van der Waals surface area (Å²) in [5, 5.41) is 0. The molecule has 2 aromatic carbocycles. The number of aryl methyl sites for hydroxylation is 6. The van der Waals surface area contributed by atoms with Crippen LogP contribution in [0.1, 0.15) is 40.3 Å². The van der Waals surface area contributed by atoms with Crippen LogP contribution in [0.15, 0.2) is 34.1 Å². The van der Waals surface area contributed by atoms with Crippen molar-refractivity contribution in [3.05, 3.63) is 57.6 Å². The largest absolute Gasteiger partial charge is 0.243 e. The predicted octanol–water partition coefficient (Wildman–Crippen LogP) is 3.62. The maximum absolute atomic E-state index is 13.5. The monoisotopic (exact) mass is 464 g/mol. The molecule has 0 spiro atoms. The summed E-state index contributed by atoms with van der Waals surface area (Å²) < 4.78 is 56.7. The lowest BCUT2D eigenvalue weighted by Crippen LogP contribution is -2.55. The highest BCUT2D eigenvalue weighted by Gasteiger charge is 2.39. The third-order valence-corrected chi connectivity index (χ3v) is 10.4. The Morgan fingerprint density at radius 2 is 1.06 bits per heavy atom. The van der Waals surface area contributed by atoms with Gasteiger partial charge < -0.3 is 0 Å². The number of sulfonamides is 2. The Hall–Kier alpha value is -1.74. The van der Waals surface area contributed by atoms with Crippen molar-refractivity contribution in [3.63, 3.8) is 0 Å². The van der Waals surface area contributed by atoms with Gasteiger partial charge in [0, 0.05) is 25.7 Å². The fourth-order valence-corrected chi connectivity index (χ4v) is 8.83. The van der Waals surface area contributed by atoms with Gasteiger partial charge in [-0.3, -0.25) is 0 Å². The second-order valence-electron chi connectivity index (χ2n) is 8.78. The van der Waals surface area contributed by atoms with Crippen molar-refractivity contribution >= 4 is 20.0 Å². The second-order valence-corrected chi connectivity index (χ2v) is 12.5. The van der Waals surface area contributed by atoms with Crippen molar-refractivity contribution in [3.8, 4) is 0 Å². The molecule has 3 rings (SSSR count). The first-order valence-corrected chi connectivity index (χ1v) is 13.3. The minimum absolute atomic E-state index is 0.123. The fourth-order valence-electron chi connectivity index (χ4n) is 4.88. The van der Waals surface area contributed by atoms with Crippen LogP contribution in [-0.4, -0.2) is 51.1 Å². The lowest BCUT2D eigenvalue weighted by Gasteiger charge is -2.39. The van der Waals surface area contributed by atoms with Gasteiger partial charge in [0.1, 0.15) is 0 Å². The molecule has 1 heterocycles. The quantitative estimate of drug-likeness (QED) is 0.693. The Labute approximate surface area is 187 Å². The van der Waals surface area contributed by atoms with E-state index < -0.39 is 26.1 Å². The molecular formula is C23H32N2O4S2. The zero-order valence-electron chi connectivity index (χ0n) is 19.4. The Bertz CT molecular complexity index is 1190. The van der Waals surface area contributed by atoms with Crippen LogP contribution in [0.3, 0.4) is 0 Å². The summed E-state index contributed by atoms with van der Waals surface area (Å²) in [6, 6.07) is 7.00. The van der Waals surface area contributed by atoms with E-state index in [9.17, 15) is 16.8 Å². The van der Waals surface area contributed by atoms with Crippen LogP contribution in [0.5, 0.6) is 0 Å². The van der Waals surface area contributed by atoms with E-state index in [2.05, 4.69) is 0 Å². The van der Waals surface area contributed by atoms with Crippen LogP contribution in [0.25, 0.3) is 0 Å². The zero-order valence-corrected chi connectivity index (χ0v) is 21.0. The summed E-state index contributed by atoms with van der Waals surface area (Å²) >= 11 is 0. The summed E-state index contributed by atoms with van der Waals surface area (Å²) in [6.07, 6.45) is 0. The number of hydrogen-bond donors (Lipinski definition) is 0. The van der Waals surface area contributed by atoms with Gasteiger partial charge >= 0.3 is 0 Å². The highest BCUT2D eigenvalue weighted by atomic mass is 32.2. The van der Waals surface area contributed by atoms with Crippen molar-refractivity contribution in [1.82, 2.24) is 8.61 Å². The van der Waals surface area contributed by atoms with Crippen LogP contribution in [0.2, 0.25) is 0 Å². The topological polar surface area (TPSA) is 74.8 Å². The first-order chi connectivity index (χ1) is 14.3. The van der Waals surface area contributed by atoms with Crippen LogP contribution < -0.4 is 0 Å². The van der Waals surface area contributed by atoms with Gasteiger partial charge in [0.25, 0.3) is 0 Å². The molecule has 1 aliphatic rings. The molecule has 170 valence electrons. The van der Waals surface area contributed by atoms with E-state index in [1.165, 1.54) is 8.61 Å². The molecule has 6 nitrogen and oxygen atoms in total. The van der Waals surface area contributed by atoms with Crippen LogP contribution in [-0.2, 0) is 20.0 Å². The Kier molecular flexibility index (Phi) is 6.41. The van der Waals surface area contributed by atoms with E-state index in [-0.39, 0.29) is 19.6 Å². The highest BCUT2D eigenvalue weighted by molar-refractivity contribution is 7.89. The van der Waals surface area contributed by atoms with Crippen molar-refractivity contribution in [1.29, 1.82) is 0 Å². The molecule has 0 unspecified atom stereocenters. The average Bonchev–Trinajstić information content (AvgIpc) is 2.58. The maximum Gasteiger partial charge on any atom is 0.243 e. The van der Waals surface area contributed by atoms with Crippen molar-refractivity contribution in [2.75, 3.05) is 19.6 Å².